The second-order valence-electron chi connectivity index (χ2n) is 9.11. The molecule has 0 aliphatic carbocycles. The number of aromatic nitrogens is 4. The molecule has 35 heavy (non-hydrogen) atoms. The minimum Gasteiger partial charge on any atom is -0.378 e. The minimum atomic E-state index is -0.488. The molecule has 0 spiro atoms. The first-order valence-electron chi connectivity index (χ1n) is 11.7. The SMILES string of the molecule is Cc1c(C(=O)N[C@H](c2nc(-c3ccccc3)no2)C(C)C)sc2nc(C[C@@H]3CCCO3)[nH]c(=O)c12. The third-order valence-corrected chi connectivity index (χ3v) is 7.38. The van der Waals surface area contributed by atoms with Crippen LogP contribution in [0.4, 0.5) is 0 Å². The number of amides is 1. The molecule has 1 saturated heterocycles. The van der Waals surface area contributed by atoms with Crippen molar-refractivity contribution >= 4 is 27.5 Å². The highest BCUT2D eigenvalue weighted by molar-refractivity contribution is 7.20. The van der Waals surface area contributed by atoms with E-state index >= 15 is 0 Å². The predicted molar refractivity (Wildman–Crippen MR) is 132 cm³/mol. The van der Waals surface area contributed by atoms with Gasteiger partial charge in [-0.2, -0.15) is 4.98 Å². The zero-order chi connectivity index (χ0) is 24.5. The van der Waals surface area contributed by atoms with Gasteiger partial charge in [-0.25, -0.2) is 4.98 Å². The van der Waals surface area contributed by atoms with E-state index < -0.39 is 6.04 Å². The lowest BCUT2D eigenvalue weighted by atomic mass is 10.0. The largest absolute Gasteiger partial charge is 0.378 e. The zero-order valence-electron chi connectivity index (χ0n) is 19.8. The number of nitrogens with zero attached hydrogens (tertiary/aromatic N) is 3. The first-order chi connectivity index (χ1) is 16.9. The van der Waals surface area contributed by atoms with Crippen LogP contribution in [0.15, 0.2) is 39.6 Å². The molecule has 3 aromatic heterocycles. The quantitative estimate of drug-likeness (QED) is 0.396. The molecule has 4 aromatic rings. The summed E-state index contributed by atoms with van der Waals surface area (Å²) in [6, 6.07) is 9.03. The smallest absolute Gasteiger partial charge is 0.262 e. The average molecular weight is 494 g/mol. The Labute approximate surface area is 205 Å². The summed E-state index contributed by atoms with van der Waals surface area (Å²) in [6.07, 6.45) is 2.60. The Bertz CT molecular complexity index is 1400. The number of nitrogens with one attached hydrogen (secondary N) is 2. The van der Waals surface area contributed by atoms with E-state index in [1.54, 1.807) is 6.92 Å². The Morgan fingerprint density at radius 1 is 1.26 bits per heavy atom. The van der Waals surface area contributed by atoms with Gasteiger partial charge in [-0.3, -0.25) is 9.59 Å². The fourth-order valence-electron chi connectivity index (χ4n) is 4.31. The lowest BCUT2D eigenvalue weighted by Gasteiger charge is -2.18. The van der Waals surface area contributed by atoms with Crippen LogP contribution >= 0.6 is 11.3 Å². The molecule has 0 unspecified atom stereocenters. The van der Waals surface area contributed by atoms with Crippen LogP contribution in [0.3, 0.4) is 0 Å². The summed E-state index contributed by atoms with van der Waals surface area (Å²) in [5.74, 6) is 1.08. The van der Waals surface area contributed by atoms with E-state index in [1.807, 2.05) is 44.2 Å². The number of aryl methyl sites for hydroxylation is 1. The number of hydrogen-bond donors (Lipinski definition) is 2. The Kier molecular flexibility index (Phi) is 6.48. The molecule has 5 rings (SSSR count). The van der Waals surface area contributed by atoms with E-state index in [2.05, 4.69) is 25.4 Å². The van der Waals surface area contributed by atoms with E-state index in [0.717, 1.165) is 25.0 Å². The summed E-state index contributed by atoms with van der Waals surface area (Å²) in [6.45, 7) is 6.45. The molecule has 9 nitrogen and oxygen atoms in total. The monoisotopic (exact) mass is 493 g/mol. The number of carbonyl (C=O) groups is 1. The maximum Gasteiger partial charge on any atom is 0.262 e. The third-order valence-electron chi connectivity index (χ3n) is 6.19. The fraction of sp³-hybridized carbons (Fsp3) is 0.400. The maximum absolute atomic E-state index is 13.3. The van der Waals surface area contributed by atoms with Crippen molar-refractivity contribution in [1.82, 2.24) is 25.4 Å². The molecule has 10 heteroatoms. The second-order valence-corrected chi connectivity index (χ2v) is 10.1. The zero-order valence-corrected chi connectivity index (χ0v) is 20.6. The van der Waals surface area contributed by atoms with Crippen LogP contribution in [-0.4, -0.2) is 38.7 Å². The molecule has 182 valence electrons. The average Bonchev–Trinajstić information content (AvgIpc) is 3.59. The first-order valence-corrected chi connectivity index (χ1v) is 12.6. The minimum absolute atomic E-state index is 0.00255. The highest BCUT2D eigenvalue weighted by Crippen LogP contribution is 2.29. The number of ether oxygens (including phenoxy) is 1. The molecule has 1 aliphatic rings. The highest BCUT2D eigenvalue weighted by Gasteiger charge is 2.28. The van der Waals surface area contributed by atoms with Gasteiger partial charge < -0.3 is 19.6 Å². The van der Waals surface area contributed by atoms with Crippen LogP contribution in [0.1, 0.15) is 59.7 Å². The number of aromatic amines is 1. The van der Waals surface area contributed by atoms with Gasteiger partial charge in [-0.1, -0.05) is 49.3 Å². The summed E-state index contributed by atoms with van der Waals surface area (Å²) >= 11 is 1.22. The van der Waals surface area contributed by atoms with Crippen molar-refractivity contribution < 1.29 is 14.1 Å². The Hall–Kier alpha value is -3.37. The van der Waals surface area contributed by atoms with Gasteiger partial charge in [0.25, 0.3) is 11.5 Å². The van der Waals surface area contributed by atoms with Gasteiger partial charge >= 0.3 is 0 Å². The van der Waals surface area contributed by atoms with Crippen molar-refractivity contribution in [2.24, 2.45) is 5.92 Å². The Morgan fingerprint density at radius 3 is 2.77 bits per heavy atom. The number of thiophene rings is 1. The molecule has 2 atom stereocenters. The van der Waals surface area contributed by atoms with Crippen LogP contribution in [0.25, 0.3) is 21.6 Å². The molecule has 0 radical (unpaired) electrons. The first kappa shape index (κ1) is 23.4. The summed E-state index contributed by atoms with van der Waals surface area (Å²) in [4.78, 5) is 39.2. The summed E-state index contributed by atoms with van der Waals surface area (Å²) in [7, 11) is 0. The van der Waals surface area contributed by atoms with Gasteiger partial charge in [0, 0.05) is 18.6 Å². The van der Waals surface area contributed by atoms with Crippen LogP contribution in [0.5, 0.6) is 0 Å². The molecule has 1 fully saturated rings. The predicted octanol–water partition coefficient (Wildman–Crippen LogP) is 4.19. The van der Waals surface area contributed by atoms with E-state index in [-0.39, 0.29) is 23.5 Å². The number of carbonyl (C=O) groups excluding carboxylic acids is 1. The molecule has 1 amide bonds. The van der Waals surface area contributed by atoms with Crippen molar-refractivity contribution in [3.8, 4) is 11.4 Å². The standard InChI is InChI=1S/C25H27N5O4S/c1-13(2)19(24-29-21(30-34-24)15-8-5-4-6-9-15)28-23(32)20-14(3)18-22(31)26-17(27-25(18)35-20)12-16-10-7-11-33-16/h4-6,8-9,13,16,19H,7,10-12H2,1-3H3,(H,28,32)(H,26,27,31)/t16-,19-/m0/s1. The fourth-order valence-corrected chi connectivity index (χ4v) is 5.41. The van der Waals surface area contributed by atoms with Gasteiger partial charge in [-0.15, -0.1) is 11.3 Å². The van der Waals surface area contributed by atoms with Gasteiger partial charge in [0.05, 0.1) is 16.4 Å². The molecule has 0 saturated carbocycles. The molecule has 1 aliphatic heterocycles. The number of benzene rings is 1. The lowest BCUT2D eigenvalue weighted by molar-refractivity contribution is 0.0917. The summed E-state index contributed by atoms with van der Waals surface area (Å²) in [5, 5.41) is 7.55. The molecular weight excluding hydrogens is 466 g/mol. The van der Waals surface area contributed by atoms with Gasteiger partial charge in [0.1, 0.15) is 16.7 Å². The van der Waals surface area contributed by atoms with Crippen LogP contribution in [-0.2, 0) is 11.2 Å². The number of fused-ring (bicyclic) bond motifs is 1. The normalized spacial score (nSPS) is 16.7. The third kappa shape index (κ3) is 4.76. The van der Waals surface area contributed by atoms with E-state index in [4.69, 9.17) is 9.26 Å². The van der Waals surface area contributed by atoms with E-state index in [1.165, 1.54) is 11.3 Å². The number of rotatable bonds is 7. The summed E-state index contributed by atoms with van der Waals surface area (Å²) < 4.78 is 11.2. The highest BCUT2D eigenvalue weighted by atomic mass is 32.1. The van der Waals surface area contributed by atoms with Crippen molar-refractivity contribution in [2.75, 3.05) is 6.61 Å². The maximum atomic E-state index is 13.3. The van der Waals surface area contributed by atoms with Crippen LogP contribution < -0.4 is 10.9 Å². The second kappa shape index (κ2) is 9.71. The van der Waals surface area contributed by atoms with E-state index in [0.29, 0.717) is 44.6 Å². The topological polar surface area (TPSA) is 123 Å². The summed E-state index contributed by atoms with van der Waals surface area (Å²) in [5.41, 5.74) is 1.21. The Morgan fingerprint density at radius 2 is 2.06 bits per heavy atom. The van der Waals surface area contributed by atoms with Gasteiger partial charge in [0.15, 0.2) is 0 Å². The van der Waals surface area contributed by atoms with Crippen LogP contribution in [0, 0.1) is 12.8 Å². The van der Waals surface area contributed by atoms with Gasteiger partial charge in [-0.05, 0) is 31.2 Å². The molecule has 4 heterocycles. The number of H-pyrrole nitrogens is 1. The molecule has 1 aromatic carbocycles. The van der Waals surface area contributed by atoms with Crippen molar-refractivity contribution in [3.63, 3.8) is 0 Å². The number of hydrogen-bond acceptors (Lipinski definition) is 8. The molecule has 2 N–H and O–H groups in total. The molecular formula is C25H27N5O4S. The lowest BCUT2D eigenvalue weighted by Crippen LogP contribution is -2.32. The van der Waals surface area contributed by atoms with Crippen molar-refractivity contribution in [1.29, 1.82) is 0 Å². The van der Waals surface area contributed by atoms with Crippen LogP contribution in [0.2, 0.25) is 0 Å². The van der Waals surface area contributed by atoms with Gasteiger partial charge in [0.2, 0.25) is 11.7 Å². The Balaban J connectivity index is 1.40. The van der Waals surface area contributed by atoms with Crippen molar-refractivity contribution in [3.05, 3.63) is 62.8 Å². The molecule has 0 bridgehead atoms. The van der Waals surface area contributed by atoms with E-state index in [9.17, 15) is 9.59 Å². The van der Waals surface area contributed by atoms with Crippen molar-refractivity contribution in [2.45, 2.75) is 52.2 Å².